The summed E-state index contributed by atoms with van der Waals surface area (Å²) in [5.74, 6) is -0.294. The molecule has 1 N–H and O–H groups in total. The molecule has 7 heteroatoms. The second kappa shape index (κ2) is 6.55. The zero-order valence-corrected chi connectivity index (χ0v) is 13.9. The summed E-state index contributed by atoms with van der Waals surface area (Å²) in [5.41, 5.74) is 2.40. The lowest BCUT2D eigenvalue weighted by molar-refractivity contribution is 0.597. The molecule has 0 atom stereocenters. The summed E-state index contributed by atoms with van der Waals surface area (Å²) in [6.07, 6.45) is 2.33. The van der Waals surface area contributed by atoms with Crippen LogP contribution in [-0.2, 0) is 21.2 Å². The topological polar surface area (TPSA) is 66.7 Å². The zero-order valence-electron chi connectivity index (χ0n) is 12.2. The molecule has 0 amide bonds. The van der Waals surface area contributed by atoms with Crippen LogP contribution in [0.5, 0.6) is 0 Å². The molecular formula is C16H13FN3OS2-. The highest BCUT2D eigenvalue weighted by Gasteiger charge is 2.14. The fourth-order valence-electron chi connectivity index (χ4n) is 2.17. The van der Waals surface area contributed by atoms with Gasteiger partial charge in [0.05, 0.1) is 15.6 Å². The maximum Gasteiger partial charge on any atom is 0.123 e. The molecule has 0 fully saturated rings. The van der Waals surface area contributed by atoms with Crippen LogP contribution in [0.15, 0.2) is 47.6 Å². The van der Waals surface area contributed by atoms with Gasteiger partial charge in [-0.15, -0.1) is 21.9 Å². The summed E-state index contributed by atoms with van der Waals surface area (Å²) in [5, 5.41) is 1.17. The summed E-state index contributed by atoms with van der Waals surface area (Å²) in [4.78, 5) is 9.49. The highest BCUT2D eigenvalue weighted by Crippen LogP contribution is 2.37. The summed E-state index contributed by atoms with van der Waals surface area (Å²) in [6, 6.07) is 9.64. The van der Waals surface area contributed by atoms with E-state index in [4.69, 9.17) is 4.78 Å². The Kier molecular flexibility index (Phi) is 4.49. The minimum Gasteiger partial charge on any atom is -0.439 e. The van der Waals surface area contributed by atoms with Crippen LogP contribution < -0.4 is 0 Å². The lowest BCUT2D eigenvalue weighted by Crippen LogP contribution is -1.87. The van der Waals surface area contributed by atoms with E-state index in [-0.39, 0.29) is 10.8 Å². The average molecular weight is 346 g/mol. The van der Waals surface area contributed by atoms with Gasteiger partial charge in [-0.1, -0.05) is 13.0 Å². The summed E-state index contributed by atoms with van der Waals surface area (Å²) in [6.45, 7) is 2.02. The number of nitrogens with one attached hydrogen (secondary N) is 1. The van der Waals surface area contributed by atoms with Crippen LogP contribution in [0.3, 0.4) is 0 Å². The van der Waals surface area contributed by atoms with E-state index in [0.717, 1.165) is 33.1 Å². The first-order chi connectivity index (χ1) is 11.1. The van der Waals surface area contributed by atoms with Gasteiger partial charge in [0.1, 0.15) is 5.82 Å². The minimum absolute atomic E-state index is 0.207. The van der Waals surface area contributed by atoms with Crippen molar-refractivity contribution in [2.24, 2.45) is 0 Å². The van der Waals surface area contributed by atoms with Crippen LogP contribution in [0.1, 0.15) is 11.9 Å². The van der Waals surface area contributed by atoms with Crippen molar-refractivity contribution in [1.82, 2.24) is 9.97 Å². The first kappa shape index (κ1) is 15.8. The third-order valence-electron chi connectivity index (χ3n) is 3.28. The van der Waals surface area contributed by atoms with Crippen molar-refractivity contribution in [2.75, 3.05) is 0 Å². The molecule has 0 unspecified atom stereocenters. The Bertz CT molecular complexity index is 909. The van der Waals surface area contributed by atoms with Crippen molar-refractivity contribution in [3.63, 3.8) is 0 Å². The summed E-state index contributed by atoms with van der Waals surface area (Å²) in [7, 11) is -1.89. The molecule has 0 radical (unpaired) electrons. The Hall–Kier alpha value is -2.12. The van der Waals surface area contributed by atoms with Crippen LogP contribution in [0.2, 0.25) is 0 Å². The van der Waals surface area contributed by atoms with E-state index >= 15 is 0 Å². The van der Waals surface area contributed by atoms with Gasteiger partial charge in [-0.25, -0.2) is 9.37 Å². The number of hydrogen-bond acceptors (Lipinski definition) is 6. The monoisotopic (exact) mass is 346 g/mol. The largest absolute Gasteiger partial charge is 0.439 e. The van der Waals surface area contributed by atoms with Crippen molar-refractivity contribution < 1.29 is 8.60 Å². The van der Waals surface area contributed by atoms with Gasteiger partial charge in [0, 0.05) is 11.8 Å². The smallest absolute Gasteiger partial charge is 0.123 e. The molecule has 3 rings (SSSR count). The van der Waals surface area contributed by atoms with Crippen molar-refractivity contribution in [1.29, 1.82) is 4.78 Å². The Morgan fingerprint density at radius 3 is 2.61 bits per heavy atom. The van der Waals surface area contributed by atoms with E-state index in [1.165, 1.54) is 29.7 Å². The molecule has 0 spiro atoms. The number of thiazole rings is 1. The Labute approximate surface area is 139 Å². The predicted octanol–water partition coefficient (Wildman–Crippen LogP) is 4.66. The molecule has 0 aliphatic rings. The molecule has 2 heterocycles. The number of benzene rings is 1. The van der Waals surface area contributed by atoms with E-state index in [0.29, 0.717) is 0 Å². The number of aromatic nitrogens is 2. The summed E-state index contributed by atoms with van der Waals surface area (Å²) < 4.78 is 31.8. The van der Waals surface area contributed by atoms with Crippen LogP contribution in [0.25, 0.3) is 21.7 Å². The standard InChI is InChI=1S/C16H13FN3OS2/c1-2-13-20-15(10-3-5-12(17)6-4-10)16(22-13)11-7-8-19-14(9-11)23(18)21/h3-9,18H,2H2,1H3/q-1. The van der Waals surface area contributed by atoms with Gasteiger partial charge in [0.15, 0.2) is 0 Å². The lowest BCUT2D eigenvalue weighted by atomic mass is 10.1. The van der Waals surface area contributed by atoms with Crippen LogP contribution in [-0.4, -0.2) is 9.97 Å². The maximum atomic E-state index is 13.2. The molecule has 23 heavy (non-hydrogen) atoms. The van der Waals surface area contributed by atoms with E-state index in [2.05, 4.69) is 9.97 Å². The fraction of sp³-hybridized carbons (Fsp3) is 0.125. The molecule has 1 aromatic carbocycles. The molecule has 118 valence electrons. The summed E-state index contributed by atoms with van der Waals surface area (Å²) >= 11 is 1.54. The number of nitrogens with zero attached hydrogens (tertiary/aromatic N) is 2. The van der Waals surface area contributed by atoms with Crippen molar-refractivity contribution in [3.8, 4) is 21.7 Å². The number of hydrogen-bond donors (Lipinski definition) is 1. The van der Waals surface area contributed by atoms with E-state index in [1.807, 2.05) is 6.92 Å². The van der Waals surface area contributed by atoms with Crippen molar-refractivity contribution >= 4 is 21.9 Å². The van der Waals surface area contributed by atoms with Crippen LogP contribution in [0.4, 0.5) is 4.39 Å². The molecule has 0 aliphatic carbocycles. The average Bonchev–Trinajstić information content (AvgIpc) is 3.00. The Morgan fingerprint density at radius 1 is 1.22 bits per heavy atom. The number of pyridine rings is 1. The van der Waals surface area contributed by atoms with Crippen molar-refractivity contribution in [3.05, 3.63) is 53.4 Å². The Balaban J connectivity index is 2.17. The van der Waals surface area contributed by atoms with E-state index < -0.39 is 10.6 Å². The second-order valence-corrected chi connectivity index (χ2v) is 6.84. The first-order valence-electron chi connectivity index (χ1n) is 6.93. The predicted molar refractivity (Wildman–Crippen MR) is 89.2 cm³/mol. The van der Waals surface area contributed by atoms with Gasteiger partial charge in [-0.05, 0) is 47.3 Å². The van der Waals surface area contributed by atoms with Crippen molar-refractivity contribution in [2.45, 2.75) is 18.4 Å². The highest BCUT2D eigenvalue weighted by atomic mass is 32.2. The van der Waals surface area contributed by atoms with E-state index in [9.17, 15) is 8.60 Å². The fourth-order valence-corrected chi connectivity index (χ4v) is 3.58. The normalized spacial score (nSPS) is 11.1. The Morgan fingerprint density at radius 2 is 1.96 bits per heavy atom. The van der Waals surface area contributed by atoms with Gasteiger partial charge < -0.3 is 8.99 Å². The van der Waals surface area contributed by atoms with Gasteiger partial charge in [0.25, 0.3) is 0 Å². The maximum absolute atomic E-state index is 13.2. The second-order valence-electron chi connectivity index (χ2n) is 4.80. The van der Waals surface area contributed by atoms with Gasteiger partial charge in [-0.3, -0.25) is 4.98 Å². The molecule has 4 nitrogen and oxygen atoms in total. The SMILES string of the molecule is CCc1nc(-c2ccc(F)cc2)c(-c2ccnc([S-](=N)=O)c2)s1. The molecule has 2 aromatic heterocycles. The van der Waals surface area contributed by atoms with Crippen LogP contribution in [0, 0.1) is 10.6 Å². The molecular weight excluding hydrogens is 333 g/mol. The molecule has 3 aromatic rings. The number of aryl methyl sites for hydroxylation is 1. The number of rotatable bonds is 4. The quantitative estimate of drug-likeness (QED) is 0.699. The van der Waals surface area contributed by atoms with E-state index in [1.54, 1.807) is 24.3 Å². The van der Waals surface area contributed by atoms with Gasteiger partial charge in [0.2, 0.25) is 0 Å². The third-order valence-corrected chi connectivity index (χ3v) is 5.13. The number of halogens is 1. The zero-order chi connectivity index (χ0) is 16.4. The molecule has 0 bridgehead atoms. The molecule has 0 saturated heterocycles. The minimum atomic E-state index is -1.89. The first-order valence-corrected chi connectivity index (χ1v) is 8.90. The van der Waals surface area contributed by atoms with Gasteiger partial charge >= 0.3 is 0 Å². The molecule has 0 aliphatic heterocycles. The lowest BCUT2D eigenvalue weighted by Gasteiger charge is -2.06. The van der Waals surface area contributed by atoms with Crippen LogP contribution >= 0.6 is 11.3 Å². The molecule has 0 saturated carbocycles. The highest BCUT2D eigenvalue weighted by molar-refractivity contribution is 7.73. The van der Waals surface area contributed by atoms with Gasteiger partial charge in [-0.2, -0.15) is 0 Å². The third kappa shape index (κ3) is 3.30.